The molecule has 0 aliphatic carbocycles. The molecule has 212 valence electrons. The SMILES string of the molecule is C=C[C@@H](OC)[C@@H](O[Si](C)(C)C(C)(C)C)[C@H](C)/C=C(/C)[C@H](C)C(C)C(=O)N1C(=O)OC[C@H]1Cc1ccccc1. The number of cyclic esters (lactones) is 1. The number of hydrogen-bond acceptors (Lipinski definition) is 5. The third-order valence-electron chi connectivity index (χ3n) is 8.48. The molecule has 1 saturated heterocycles. The highest BCUT2D eigenvalue weighted by Gasteiger charge is 2.43. The molecule has 1 aliphatic rings. The average Bonchev–Trinajstić information content (AvgIpc) is 3.21. The van der Waals surface area contributed by atoms with Crippen molar-refractivity contribution in [3.8, 4) is 0 Å². The molecule has 1 aromatic carbocycles. The van der Waals surface area contributed by atoms with Crippen molar-refractivity contribution in [3.63, 3.8) is 0 Å². The number of methoxy groups -OCH3 is 1. The summed E-state index contributed by atoms with van der Waals surface area (Å²) in [5, 5.41) is 0.0536. The molecule has 0 N–H and O–H groups in total. The number of carbonyl (C=O) groups excluding carboxylic acids is 2. The van der Waals surface area contributed by atoms with Crippen molar-refractivity contribution in [2.45, 2.75) is 91.3 Å². The van der Waals surface area contributed by atoms with Gasteiger partial charge in [0, 0.05) is 18.9 Å². The molecule has 0 bridgehead atoms. The minimum Gasteiger partial charge on any atom is -0.447 e. The molecular formula is C31H49NO5Si. The van der Waals surface area contributed by atoms with Crippen molar-refractivity contribution < 1.29 is 23.5 Å². The van der Waals surface area contributed by atoms with Crippen LogP contribution in [-0.4, -0.2) is 57.2 Å². The summed E-state index contributed by atoms with van der Waals surface area (Å²) in [7, 11) is -0.396. The molecule has 0 saturated carbocycles. The van der Waals surface area contributed by atoms with Gasteiger partial charge in [-0.3, -0.25) is 4.79 Å². The summed E-state index contributed by atoms with van der Waals surface area (Å²) in [6.07, 6.45) is 3.56. The van der Waals surface area contributed by atoms with Gasteiger partial charge in [-0.25, -0.2) is 9.69 Å². The number of carbonyl (C=O) groups is 2. The van der Waals surface area contributed by atoms with Crippen LogP contribution in [0.3, 0.4) is 0 Å². The Bertz CT molecular complexity index is 984. The first-order valence-electron chi connectivity index (χ1n) is 13.7. The Morgan fingerprint density at radius 1 is 1.18 bits per heavy atom. The van der Waals surface area contributed by atoms with Crippen LogP contribution >= 0.6 is 0 Å². The lowest BCUT2D eigenvalue weighted by Gasteiger charge is -2.42. The maximum atomic E-state index is 13.6. The van der Waals surface area contributed by atoms with Gasteiger partial charge in [-0.05, 0) is 43.0 Å². The first-order valence-corrected chi connectivity index (χ1v) is 16.6. The van der Waals surface area contributed by atoms with E-state index in [2.05, 4.69) is 53.4 Å². The summed E-state index contributed by atoms with van der Waals surface area (Å²) in [6.45, 7) is 23.5. The van der Waals surface area contributed by atoms with Crippen LogP contribution in [0.4, 0.5) is 4.79 Å². The topological polar surface area (TPSA) is 65.1 Å². The Morgan fingerprint density at radius 2 is 1.79 bits per heavy atom. The zero-order valence-corrected chi connectivity index (χ0v) is 26.1. The van der Waals surface area contributed by atoms with Crippen LogP contribution in [0.5, 0.6) is 0 Å². The van der Waals surface area contributed by atoms with Gasteiger partial charge in [-0.2, -0.15) is 0 Å². The molecule has 2 amide bonds. The Balaban J connectivity index is 2.22. The van der Waals surface area contributed by atoms with Gasteiger partial charge in [0.25, 0.3) is 0 Å². The van der Waals surface area contributed by atoms with Gasteiger partial charge < -0.3 is 13.9 Å². The van der Waals surface area contributed by atoms with Crippen molar-refractivity contribution in [2.24, 2.45) is 17.8 Å². The van der Waals surface area contributed by atoms with Gasteiger partial charge in [0.05, 0.1) is 12.1 Å². The number of rotatable bonds is 12. The van der Waals surface area contributed by atoms with E-state index in [-0.39, 0.29) is 53.6 Å². The maximum Gasteiger partial charge on any atom is 0.416 e. The molecule has 1 aliphatic heterocycles. The summed E-state index contributed by atoms with van der Waals surface area (Å²) in [5.74, 6) is -0.635. The minimum absolute atomic E-state index is 0.0272. The van der Waals surface area contributed by atoms with E-state index in [1.165, 1.54) is 4.90 Å². The number of allylic oxidation sites excluding steroid dienone is 1. The fraction of sp³-hybridized carbons (Fsp3) is 0.613. The number of amides is 2. The normalized spacial score (nSPS) is 20.9. The summed E-state index contributed by atoms with van der Waals surface area (Å²) < 4.78 is 17.9. The molecule has 6 atom stereocenters. The third-order valence-corrected chi connectivity index (χ3v) is 13.0. The molecule has 1 aromatic rings. The molecule has 38 heavy (non-hydrogen) atoms. The highest BCUT2D eigenvalue weighted by molar-refractivity contribution is 6.74. The molecule has 0 spiro atoms. The van der Waals surface area contributed by atoms with Gasteiger partial charge in [0.1, 0.15) is 12.7 Å². The number of hydrogen-bond donors (Lipinski definition) is 0. The minimum atomic E-state index is -2.08. The van der Waals surface area contributed by atoms with Crippen LogP contribution in [0.2, 0.25) is 18.1 Å². The Kier molecular flexibility index (Phi) is 11.1. The number of imide groups is 1. The van der Waals surface area contributed by atoms with Crippen molar-refractivity contribution in [1.29, 1.82) is 0 Å². The second-order valence-corrected chi connectivity index (χ2v) is 17.0. The van der Waals surface area contributed by atoms with Crippen LogP contribution in [0.25, 0.3) is 0 Å². The van der Waals surface area contributed by atoms with Gasteiger partial charge in [-0.15, -0.1) is 6.58 Å². The van der Waals surface area contributed by atoms with E-state index >= 15 is 0 Å². The Morgan fingerprint density at radius 3 is 2.32 bits per heavy atom. The molecule has 1 unspecified atom stereocenters. The highest BCUT2D eigenvalue weighted by atomic mass is 28.4. The lowest BCUT2D eigenvalue weighted by molar-refractivity contribution is -0.134. The predicted molar refractivity (Wildman–Crippen MR) is 156 cm³/mol. The maximum absolute atomic E-state index is 13.6. The zero-order chi connectivity index (χ0) is 28.8. The van der Waals surface area contributed by atoms with Crippen molar-refractivity contribution >= 4 is 20.3 Å². The summed E-state index contributed by atoms with van der Waals surface area (Å²) >= 11 is 0. The quantitative estimate of drug-likeness (QED) is 0.209. The molecule has 7 heteroatoms. The fourth-order valence-electron chi connectivity index (χ4n) is 4.61. The van der Waals surface area contributed by atoms with Crippen molar-refractivity contribution in [1.82, 2.24) is 4.90 Å². The predicted octanol–water partition coefficient (Wildman–Crippen LogP) is 7.02. The number of benzene rings is 1. The lowest BCUT2D eigenvalue weighted by Crippen LogP contribution is -2.49. The van der Waals surface area contributed by atoms with E-state index in [1.54, 1.807) is 13.2 Å². The Labute approximate surface area is 231 Å². The van der Waals surface area contributed by atoms with E-state index in [4.69, 9.17) is 13.9 Å². The van der Waals surface area contributed by atoms with E-state index in [9.17, 15) is 9.59 Å². The van der Waals surface area contributed by atoms with Crippen molar-refractivity contribution in [2.75, 3.05) is 13.7 Å². The van der Waals surface area contributed by atoms with E-state index in [0.717, 1.165) is 11.1 Å². The van der Waals surface area contributed by atoms with Gasteiger partial charge >= 0.3 is 6.09 Å². The van der Waals surface area contributed by atoms with Gasteiger partial charge in [-0.1, -0.05) is 89.6 Å². The number of nitrogens with zero attached hydrogens (tertiary/aromatic N) is 1. The first kappa shape index (κ1) is 32.0. The van der Waals surface area contributed by atoms with Crippen LogP contribution in [0.1, 0.15) is 54.0 Å². The lowest BCUT2D eigenvalue weighted by atomic mass is 9.85. The van der Waals surface area contributed by atoms with E-state index in [0.29, 0.717) is 6.42 Å². The van der Waals surface area contributed by atoms with Gasteiger partial charge in [0.15, 0.2) is 8.32 Å². The van der Waals surface area contributed by atoms with Crippen LogP contribution in [-0.2, 0) is 25.1 Å². The smallest absolute Gasteiger partial charge is 0.416 e. The van der Waals surface area contributed by atoms with E-state index < -0.39 is 14.4 Å². The number of ether oxygens (including phenoxy) is 2. The molecule has 2 rings (SSSR count). The molecular weight excluding hydrogens is 494 g/mol. The average molecular weight is 544 g/mol. The van der Waals surface area contributed by atoms with Crippen LogP contribution in [0.15, 0.2) is 54.6 Å². The molecule has 1 fully saturated rings. The fourth-order valence-corrected chi connectivity index (χ4v) is 5.99. The van der Waals surface area contributed by atoms with Crippen molar-refractivity contribution in [3.05, 3.63) is 60.2 Å². The molecule has 6 nitrogen and oxygen atoms in total. The summed E-state index contributed by atoms with van der Waals surface area (Å²) in [5.41, 5.74) is 2.15. The highest BCUT2D eigenvalue weighted by Crippen LogP contribution is 2.39. The summed E-state index contributed by atoms with van der Waals surface area (Å²) in [6, 6.07) is 9.58. The molecule has 1 heterocycles. The molecule has 0 radical (unpaired) electrons. The zero-order valence-electron chi connectivity index (χ0n) is 25.1. The standard InChI is InChI=1S/C31H49NO5Si/c1-12-27(35-9)28(37-38(10,11)31(6,7)8)22(3)18-21(2)23(4)24(5)29(33)32-26(20-36-30(32)34)19-25-16-14-13-15-17-25/h12-18,22-24,26-28H,1,19-20H2,2-11H3/b21-18-/t22-,23+,24?,26-,27-,28+/m1/s1. The van der Waals surface area contributed by atoms with E-state index in [1.807, 2.05) is 51.1 Å². The van der Waals surface area contributed by atoms with Crippen LogP contribution < -0.4 is 0 Å². The van der Waals surface area contributed by atoms with Crippen LogP contribution in [0, 0.1) is 17.8 Å². The molecule has 0 aromatic heterocycles. The summed E-state index contributed by atoms with van der Waals surface area (Å²) in [4.78, 5) is 27.5. The van der Waals surface area contributed by atoms with Gasteiger partial charge in [0.2, 0.25) is 5.91 Å². The monoisotopic (exact) mass is 543 g/mol. The third kappa shape index (κ3) is 7.67. The Hall–Kier alpha value is -2.22. The largest absolute Gasteiger partial charge is 0.447 e. The first-order chi connectivity index (χ1) is 17.6. The second kappa shape index (κ2) is 13.2. The second-order valence-electron chi connectivity index (χ2n) is 12.3.